The first-order chi connectivity index (χ1) is 9.97. The smallest absolute Gasteiger partial charge is 0.413 e. The van der Waals surface area contributed by atoms with Gasteiger partial charge in [0.1, 0.15) is 0 Å². The summed E-state index contributed by atoms with van der Waals surface area (Å²) in [6.45, 7) is 6.04. The second-order valence-electron chi connectivity index (χ2n) is 4.71. The number of ether oxygens (including phenoxy) is 1. The largest absolute Gasteiger partial charge is 0.449 e. The molecule has 6 nitrogen and oxygen atoms in total. The number of hydrogen-bond donors (Lipinski definition) is 2. The van der Waals surface area contributed by atoms with Gasteiger partial charge in [0.05, 0.1) is 6.61 Å². The van der Waals surface area contributed by atoms with Crippen molar-refractivity contribution in [3.63, 3.8) is 0 Å². The van der Waals surface area contributed by atoms with E-state index < -0.39 is 6.09 Å². The van der Waals surface area contributed by atoms with Crippen LogP contribution < -0.4 is 15.5 Å². The highest BCUT2D eigenvalue weighted by atomic mass is 16.6. The van der Waals surface area contributed by atoms with Gasteiger partial charge in [-0.05, 0) is 44.5 Å². The number of hydrogen-bond acceptors (Lipinski definition) is 3. The van der Waals surface area contributed by atoms with Crippen molar-refractivity contribution < 1.29 is 14.3 Å². The summed E-state index contributed by atoms with van der Waals surface area (Å²) in [6, 6.07) is 6.85. The van der Waals surface area contributed by atoms with Gasteiger partial charge in [-0.3, -0.25) is 4.90 Å². The van der Waals surface area contributed by atoms with Gasteiger partial charge >= 0.3 is 12.1 Å². The van der Waals surface area contributed by atoms with E-state index in [-0.39, 0.29) is 12.1 Å². The molecule has 2 N–H and O–H groups in total. The van der Waals surface area contributed by atoms with E-state index in [2.05, 4.69) is 10.6 Å². The molecular weight excluding hydrogens is 270 g/mol. The third kappa shape index (κ3) is 5.33. The molecule has 0 spiro atoms. The molecule has 0 aliphatic rings. The zero-order valence-corrected chi connectivity index (χ0v) is 13.0. The number of urea groups is 1. The van der Waals surface area contributed by atoms with E-state index in [1.807, 2.05) is 13.8 Å². The Morgan fingerprint density at radius 3 is 2.38 bits per heavy atom. The van der Waals surface area contributed by atoms with Gasteiger partial charge in [-0.1, -0.05) is 6.92 Å². The molecule has 0 aromatic heterocycles. The van der Waals surface area contributed by atoms with E-state index >= 15 is 0 Å². The second-order valence-corrected chi connectivity index (χ2v) is 4.71. The summed E-state index contributed by atoms with van der Waals surface area (Å²) in [4.78, 5) is 24.7. The minimum atomic E-state index is -0.410. The predicted molar refractivity (Wildman–Crippen MR) is 83.8 cm³/mol. The minimum Gasteiger partial charge on any atom is -0.449 e. The molecule has 3 amide bonds. The molecule has 1 rings (SSSR count). The minimum absolute atomic E-state index is 0.124. The maximum atomic E-state index is 11.7. The fourth-order valence-electron chi connectivity index (χ4n) is 1.59. The first kappa shape index (κ1) is 16.8. The van der Waals surface area contributed by atoms with E-state index in [1.54, 1.807) is 38.2 Å². The maximum Gasteiger partial charge on any atom is 0.413 e. The maximum absolute atomic E-state index is 11.7. The lowest BCUT2D eigenvalue weighted by atomic mass is 10.2. The molecule has 0 radical (unpaired) electrons. The van der Waals surface area contributed by atoms with Crippen molar-refractivity contribution in [1.82, 2.24) is 5.32 Å². The van der Waals surface area contributed by atoms with Gasteiger partial charge in [0.25, 0.3) is 0 Å². The zero-order valence-electron chi connectivity index (χ0n) is 13.0. The lowest BCUT2D eigenvalue weighted by Gasteiger charge is -2.17. The highest BCUT2D eigenvalue weighted by Crippen LogP contribution is 2.17. The Balaban J connectivity index is 2.61. The number of rotatable bonds is 5. The molecular formula is C15H23N3O3. The van der Waals surface area contributed by atoms with Gasteiger partial charge < -0.3 is 15.4 Å². The molecule has 1 aromatic carbocycles. The van der Waals surface area contributed by atoms with Crippen LogP contribution in [-0.4, -0.2) is 31.8 Å². The fourth-order valence-corrected chi connectivity index (χ4v) is 1.59. The fraction of sp³-hybridized carbons (Fsp3) is 0.467. The highest BCUT2D eigenvalue weighted by Gasteiger charge is 2.11. The number of nitrogens with zero attached hydrogens (tertiary/aromatic N) is 1. The van der Waals surface area contributed by atoms with Crippen LogP contribution in [0.4, 0.5) is 21.0 Å². The number of amides is 3. The molecule has 0 saturated carbocycles. The molecule has 1 aromatic rings. The van der Waals surface area contributed by atoms with E-state index in [0.717, 1.165) is 6.42 Å². The van der Waals surface area contributed by atoms with Gasteiger partial charge in [0.15, 0.2) is 0 Å². The topological polar surface area (TPSA) is 70.7 Å². The van der Waals surface area contributed by atoms with E-state index in [0.29, 0.717) is 18.0 Å². The summed E-state index contributed by atoms with van der Waals surface area (Å²) < 4.78 is 4.92. The predicted octanol–water partition coefficient (Wildman–Crippen LogP) is 3.20. The molecule has 0 aliphatic carbocycles. The van der Waals surface area contributed by atoms with Crippen molar-refractivity contribution in [2.24, 2.45) is 0 Å². The third-order valence-electron chi connectivity index (χ3n) is 3.04. The summed E-state index contributed by atoms with van der Waals surface area (Å²) in [5, 5.41) is 5.56. The molecule has 0 heterocycles. The van der Waals surface area contributed by atoms with Crippen LogP contribution in [0, 0.1) is 0 Å². The molecule has 6 heteroatoms. The average Bonchev–Trinajstić information content (AvgIpc) is 2.47. The van der Waals surface area contributed by atoms with Crippen LogP contribution >= 0.6 is 0 Å². The van der Waals surface area contributed by atoms with Crippen LogP contribution in [0.25, 0.3) is 0 Å². The van der Waals surface area contributed by atoms with Crippen LogP contribution in [-0.2, 0) is 4.74 Å². The number of carbonyl (C=O) groups is 2. The first-order valence-electron chi connectivity index (χ1n) is 7.06. The molecule has 0 aliphatic heterocycles. The van der Waals surface area contributed by atoms with Crippen LogP contribution in [0.3, 0.4) is 0 Å². The van der Waals surface area contributed by atoms with Crippen LogP contribution in [0.2, 0.25) is 0 Å². The average molecular weight is 293 g/mol. The Labute approximate surface area is 125 Å². The van der Waals surface area contributed by atoms with E-state index in [4.69, 9.17) is 4.74 Å². The van der Waals surface area contributed by atoms with Gasteiger partial charge in [0.2, 0.25) is 0 Å². The van der Waals surface area contributed by atoms with Crippen LogP contribution in [0.15, 0.2) is 24.3 Å². The van der Waals surface area contributed by atoms with Gasteiger partial charge in [0, 0.05) is 24.5 Å². The quantitative estimate of drug-likeness (QED) is 0.875. The SMILES string of the molecule is CCOC(=O)N(C)c1ccc(NC(=O)N[C@@H](C)CC)cc1. The van der Waals surface area contributed by atoms with Crippen molar-refractivity contribution in [2.45, 2.75) is 33.2 Å². The van der Waals surface area contributed by atoms with Gasteiger partial charge in [-0.15, -0.1) is 0 Å². The Hall–Kier alpha value is -2.24. The summed E-state index contributed by atoms with van der Waals surface area (Å²) in [5.74, 6) is 0. The lowest BCUT2D eigenvalue weighted by Crippen LogP contribution is -2.35. The standard InChI is InChI=1S/C15H23N3O3/c1-5-11(3)16-14(19)17-12-7-9-13(10-8-12)18(4)15(20)21-6-2/h7-11H,5-6H2,1-4H3,(H2,16,17,19)/t11-/m0/s1. The Kier molecular flexibility index (Phi) is 6.52. The molecule has 0 fully saturated rings. The number of nitrogens with one attached hydrogen (secondary N) is 2. The van der Waals surface area contributed by atoms with Crippen molar-refractivity contribution in [2.75, 3.05) is 23.9 Å². The third-order valence-corrected chi connectivity index (χ3v) is 3.04. The Morgan fingerprint density at radius 1 is 1.24 bits per heavy atom. The molecule has 21 heavy (non-hydrogen) atoms. The number of carbonyl (C=O) groups excluding carboxylic acids is 2. The highest BCUT2D eigenvalue weighted by molar-refractivity contribution is 5.91. The normalized spacial score (nSPS) is 11.4. The molecule has 0 unspecified atom stereocenters. The van der Waals surface area contributed by atoms with Gasteiger partial charge in [-0.2, -0.15) is 0 Å². The molecule has 1 atom stereocenters. The van der Waals surface area contributed by atoms with Crippen molar-refractivity contribution >= 4 is 23.5 Å². The second kappa shape index (κ2) is 8.14. The Morgan fingerprint density at radius 2 is 1.86 bits per heavy atom. The molecule has 116 valence electrons. The zero-order chi connectivity index (χ0) is 15.8. The monoisotopic (exact) mass is 293 g/mol. The van der Waals surface area contributed by atoms with E-state index in [1.165, 1.54) is 4.90 Å². The summed E-state index contributed by atoms with van der Waals surface area (Å²) >= 11 is 0. The number of anilines is 2. The van der Waals surface area contributed by atoms with Crippen molar-refractivity contribution in [3.8, 4) is 0 Å². The summed E-state index contributed by atoms with van der Waals surface area (Å²) in [5.41, 5.74) is 1.36. The van der Waals surface area contributed by atoms with Crippen molar-refractivity contribution in [1.29, 1.82) is 0 Å². The van der Waals surface area contributed by atoms with Crippen LogP contribution in [0.5, 0.6) is 0 Å². The van der Waals surface area contributed by atoms with Gasteiger partial charge in [-0.25, -0.2) is 9.59 Å². The molecule has 0 saturated heterocycles. The lowest BCUT2D eigenvalue weighted by molar-refractivity contribution is 0.161. The van der Waals surface area contributed by atoms with Crippen molar-refractivity contribution in [3.05, 3.63) is 24.3 Å². The summed E-state index contributed by atoms with van der Waals surface area (Å²) in [7, 11) is 1.63. The van der Waals surface area contributed by atoms with Crippen LogP contribution in [0.1, 0.15) is 27.2 Å². The molecule has 0 bridgehead atoms. The van der Waals surface area contributed by atoms with E-state index in [9.17, 15) is 9.59 Å². The Bertz CT molecular complexity index is 474. The first-order valence-corrected chi connectivity index (χ1v) is 7.06. The summed E-state index contributed by atoms with van der Waals surface area (Å²) in [6.07, 6.45) is 0.462. The number of benzene rings is 1.